The molecule has 0 aromatic heterocycles. The van der Waals surface area contributed by atoms with Crippen LogP contribution >= 0.6 is 0 Å². The van der Waals surface area contributed by atoms with Crippen molar-refractivity contribution >= 4 is 0 Å². The summed E-state index contributed by atoms with van der Waals surface area (Å²) in [5.41, 5.74) is 6.92. The molecule has 1 aliphatic heterocycles. The van der Waals surface area contributed by atoms with Crippen LogP contribution in [0.15, 0.2) is 24.3 Å². The Morgan fingerprint density at radius 1 is 1.47 bits per heavy atom. The molecule has 0 radical (unpaired) electrons. The van der Waals surface area contributed by atoms with E-state index in [1.807, 2.05) is 13.1 Å². The maximum atomic E-state index is 13.0. The summed E-state index contributed by atoms with van der Waals surface area (Å²) in [5, 5.41) is 0. The Hall–Kier alpha value is -0.970. The number of hydrogen-bond acceptors (Lipinski definition) is 3. The maximum absolute atomic E-state index is 13.0. The lowest BCUT2D eigenvalue weighted by Crippen LogP contribution is -2.36. The van der Waals surface area contributed by atoms with Crippen LogP contribution in [-0.4, -0.2) is 37.7 Å². The third-order valence-corrected chi connectivity index (χ3v) is 3.14. The molecule has 1 aromatic carbocycles. The zero-order valence-corrected chi connectivity index (χ0v) is 10.1. The molecule has 2 atom stereocenters. The van der Waals surface area contributed by atoms with E-state index < -0.39 is 0 Å². The van der Waals surface area contributed by atoms with Gasteiger partial charge in [0, 0.05) is 25.0 Å². The summed E-state index contributed by atoms with van der Waals surface area (Å²) in [4.78, 5) is 2.16. The second kappa shape index (κ2) is 5.58. The SMILES string of the molecule is CN(Cc1cccc(F)c1)CC1COCC1N. The first-order valence-corrected chi connectivity index (χ1v) is 5.91. The van der Waals surface area contributed by atoms with E-state index in [2.05, 4.69) is 4.90 Å². The molecule has 17 heavy (non-hydrogen) atoms. The summed E-state index contributed by atoms with van der Waals surface area (Å²) in [6.07, 6.45) is 0. The second-order valence-corrected chi connectivity index (χ2v) is 4.79. The molecule has 1 saturated heterocycles. The van der Waals surface area contributed by atoms with E-state index >= 15 is 0 Å². The van der Waals surface area contributed by atoms with Crippen molar-refractivity contribution in [3.63, 3.8) is 0 Å². The van der Waals surface area contributed by atoms with Gasteiger partial charge in [-0.3, -0.25) is 0 Å². The Morgan fingerprint density at radius 3 is 2.94 bits per heavy atom. The van der Waals surface area contributed by atoms with Gasteiger partial charge in [0.05, 0.1) is 13.2 Å². The van der Waals surface area contributed by atoms with Gasteiger partial charge < -0.3 is 15.4 Å². The van der Waals surface area contributed by atoms with Crippen molar-refractivity contribution in [1.29, 1.82) is 0 Å². The molecular weight excluding hydrogens is 219 g/mol. The van der Waals surface area contributed by atoms with Crippen LogP contribution in [0.1, 0.15) is 5.56 Å². The van der Waals surface area contributed by atoms with Gasteiger partial charge in [0.1, 0.15) is 5.82 Å². The van der Waals surface area contributed by atoms with Gasteiger partial charge in [-0.1, -0.05) is 12.1 Å². The van der Waals surface area contributed by atoms with Crippen molar-refractivity contribution in [1.82, 2.24) is 4.90 Å². The first-order valence-electron chi connectivity index (χ1n) is 5.91. The summed E-state index contributed by atoms with van der Waals surface area (Å²) in [6, 6.07) is 6.84. The highest BCUT2D eigenvalue weighted by Gasteiger charge is 2.25. The summed E-state index contributed by atoms with van der Waals surface area (Å²) >= 11 is 0. The lowest BCUT2D eigenvalue weighted by Gasteiger charge is -2.22. The summed E-state index contributed by atoms with van der Waals surface area (Å²) in [5.74, 6) is 0.199. The number of hydrogen-bond donors (Lipinski definition) is 1. The van der Waals surface area contributed by atoms with Crippen LogP contribution in [0.3, 0.4) is 0 Å². The van der Waals surface area contributed by atoms with Crippen molar-refractivity contribution in [2.45, 2.75) is 12.6 Å². The molecule has 0 saturated carbocycles. The Morgan fingerprint density at radius 2 is 2.29 bits per heavy atom. The van der Waals surface area contributed by atoms with E-state index in [1.54, 1.807) is 12.1 Å². The number of nitrogens with two attached hydrogens (primary N) is 1. The highest BCUT2D eigenvalue weighted by atomic mass is 19.1. The van der Waals surface area contributed by atoms with E-state index in [0.29, 0.717) is 12.5 Å². The van der Waals surface area contributed by atoms with Crippen LogP contribution in [0.25, 0.3) is 0 Å². The summed E-state index contributed by atoms with van der Waals surface area (Å²) in [7, 11) is 2.02. The van der Waals surface area contributed by atoms with Crippen molar-refractivity contribution in [3.8, 4) is 0 Å². The van der Waals surface area contributed by atoms with Gasteiger partial charge in [0.2, 0.25) is 0 Å². The smallest absolute Gasteiger partial charge is 0.123 e. The van der Waals surface area contributed by atoms with E-state index in [1.165, 1.54) is 6.07 Å². The molecule has 0 bridgehead atoms. The quantitative estimate of drug-likeness (QED) is 0.857. The van der Waals surface area contributed by atoms with Crippen molar-refractivity contribution < 1.29 is 9.13 Å². The van der Waals surface area contributed by atoms with Crippen LogP contribution in [0, 0.1) is 11.7 Å². The zero-order chi connectivity index (χ0) is 12.3. The normalized spacial score (nSPS) is 24.5. The second-order valence-electron chi connectivity index (χ2n) is 4.79. The van der Waals surface area contributed by atoms with E-state index in [-0.39, 0.29) is 11.9 Å². The third-order valence-electron chi connectivity index (χ3n) is 3.14. The van der Waals surface area contributed by atoms with Crippen LogP contribution in [0.4, 0.5) is 4.39 Å². The van der Waals surface area contributed by atoms with Crippen LogP contribution in [0.5, 0.6) is 0 Å². The predicted molar refractivity (Wildman–Crippen MR) is 65.0 cm³/mol. The third kappa shape index (κ3) is 3.49. The van der Waals surface area contributed by atoms with Crippen molar-refractivity contribution in [3.05, 3.63) is 35.6 Å². The fourth-order valence-electron chi connectivity index (χ4n) is 2.22. The van der Waals surface area contributed by atoms with Gasteiger partial charge in [0.15, 0.2) is 0 Å². The fourth-order valence-corrected chi connectivity index (χ4v) is 2.22. The molecule has 0 spiro atoms. The topological polar surface area (TPSA) is 38.5 Å². The summed E-state index contributed by atoms with van der Waals surface area (Å²) in [6.45, 7) is 3.01. The predicted octanol–water partition coefficient (Wildman–Crippen LogP) is 1.23. The lowest BCUT2D eigenvalue weighted by molar-refractivity contribution is 0.172. The molecule has 1 heterocycles. The molecule has 2 rings (SSSR count). The van der Waals surface area contributed by atoms with Crippen LogP contribution in [-0.2, 0) is 11.3 Å². The van der Waals surface area contributed by atoms with E-state index in [9.17, 15) is 4.39 Å². The van der Waals surface area contributed by atoms with Crippen LogP contribution in [0.2, 0.25) is 0 Å². The minimum atomic E-state index is -0.184. The molecule has 3 nitrogen and oxygen atoms in total. The van der Waals surface area contributed by atoms with Gasteiger partial charge in [-0.2, -0.15) is 0 Å². The number of halogens is 1. The minimum Gasteiger partial charge on any atom is -0.379 e. The number of ether oxygens (including phenoxy) is 1. The number of benzene rings is 1. The minimum absolute atomic E-state index is 0.130. The molecule has 4 heteroatoms. The number of rotatable bonds is 4. The molecular formula is C13H19FN2O. The van der Waals surface area contributed by atoms with Gasteiger partial charge in [-0.05, 0) is 24.7 Å². The van der Waals surface area contributed by atoms with Gasteiger partial charge in [0.25, 0.3) is 0 Å². The van der Waals surface area contributed by atoms with E-state index in [0.717, 1.165) is 25.3 Å². The molecule has 1 aliphatic rings. The molecule has 2 N–H and O–H groups in total. The molecule has 1 fully saturated rings. The Balaban J connectivity index is 1.86. The van der Waals surface area contributed by atoms with E-state index in [4.69, 9.17) is 10.5 Å². The van der Waals surface area contributed by atoms with Crippen LogP contribution < -0.4 is 5.73 Å². The molecule has 1 aromatic rings. The van der Waals surface area contributed by atoms with Gasteiger partial charge >= 0.3 is 0 Å². The standard InChI is InChI=1S/C13H19FN2O/c1-16(7-11-8-17-9-13(11)15)6-10-3-2-4-12(14)5-10/h2-5,11,13H,6-9,15H2,1H3. The molecule has 0 amide bonds. The van der Waals surface area contributed by atoms with Crippen molar-refractivity contribution in [2.75, 3.05) is 26.8 Å². The summed E-state index contributed by atoms with van der Waals surface area (Å²) < 4.78 is 18.4. The van der Waals surface area contributed by atoms with Crippen molar-refractivity contribution in [2.24, 2.45) is 11.7 Å². The Bertz CT molecular complexity index is 372. The highest BCUT2D eigenvalue weighted by molar-refractivity contribution is 5.16. The van der Waals surface area contributed by atoms with Gasteiger partial charge in [-0.15, -0.1) is 0 Å². The Labute approximate surface area is 101 Å². The fraction of sp³-hybridized carbons (Fsp3) is 0.538. The highest BCUT2D eigenvalue weighted by Crippen LogP contribution is 2.14. The largest absolute Gasteiger partial charge is 0.379 e. The first kappa shape index (κ1) is 12.5. The molecule has 94 valence electrons. The zero-order valence-electron chi connectivity index (χ0n) is 10.1. The van der Waals surface area contributed by atoms with Gasteiger partial charge in [-0.25, -0.2) is 4.39 Å². The molecule has 2 unspecified atom stereocenters. The Kier molecular flexibility index (Phi) is 4.10. The molecule has 0 aliphatic carbocycles. The average Bonchev–Trinajstić information content (AvgIpc) is 2.64. The first-order chi connectivity index (χ1) is 8.15. The lowest BCUT2D eigenvalue weighted by atomic mass is 10.0. The number of nitrogens with zero attached hydrogens (tertiary/aromatic N) is 1. The average molecular weight is 238 g/mol. The monoisotopic (exact) mass is 238 g/mol. The maximum Gasteiger partial charge on any atom is 0.123 e.